The summed E-state index contributed by atoms with van der Waals surface area (Å²) in [6, 6.07) is 16.5. The molecule has 0 saturated carbocycles. The van der Waals surface area contributed by atoms with Crippen LogP contribution >= 0.6 is 11.6 Å². The zero-order valence-corrected chi connectivity index (χ0v) is 13.9. The third-order valence-corrected chi connectivity index (χ3v) is 3.91. The van der Waals surface area contributed by atoms with Crippen LogP contribution in [-0.4, -0.2) is 35.8 Å². The Hall–Kier alpha value is -2.37. The Kier molecular flexibility index (Phi) is 4.55. The third-order valence-electron chi connectivity index (χ3n) is 3.68. The molecule has 1 atom stereocenters. The van der Waals surface area contributed by atoms with Crippen LogP contribution in [0.25, 0.3) is 0 Å². The Morgan fingerprint density at radius 3 is 2.71 bits per heavy atom. The summed E-state index contributed by atoms with van der Waals surface area (Å²) in [6.45, 7) is 1.83. The van der Waals surface area contributed by atoms with Gasteiger partial charge in [-0.05, 0) is 25.1 Å². The number of rotatable bonds is 4. The number of nitrogens with zero attached hydrogens (tertiary/aromatic N) is 2. The van der Waals surface area contributed by atoms with Gasteiger partial charge in [0.15, 0.2) is 0 Å². The Morgan fingerprint density at radius 2 is 2.04 bits per heavy atom. The summed E-state index contributed by atoms with van der Waals surface area (Å²) in [5.41, 5.74) is -0.410. The molecule has 0 amide bonds. The molecule has 24 heavy (non-hydrogen) atoms. The average Bonchev–Trinajstić information content (AvgIpc) is 2.95. The van der Waals surface area contributed by atoms with Crippen LogP contribution in [0, 0.1) is 0 Å². The second-order valence-electron chi connectivity index (χ2n) is 5.40. The van der Waals surface area contributed by atoms with Crippen molar-refractivity contribution in [1.29, 1.82) is 0 Å². The maximum Gasteiger partial charge on any atom is 0.363 e. The van der Waals surface area contributed by atoms with Gasteiger partial charge >= 0.3 is 5.97 Å². The minimum absolute atomic E-state index is 0.0313. The highest BCUT2D eigenvalue weighted by Crippen LogP contribution is 2.30. The molecule has 0 aliphatic carbocycles. The number of β-amino-alcohol motifs (C(OH)–C–C–N with tert-alkyl or cyclic N) is 1. The van der Waals surface area contributed by atoms with Crippen molar-refractivity contribution in [2.75, 3.05) is 18.1 Å². The second kappa shape index (κ2) is 6.63. The Morgan fingerprint density at radius 1 is 1.29 bits per heavy atom. The molecule has 0 radical (unpaired) electrons. The van der Waals surface area contributed by atoms with Gasteiger partial charge in [-0.1, -0.05) is 48.0 Å². The summed E-state index contributed by atoms with van der Waals surface area (Å²) in [7, 11) is 0. The van der Waals surface area contributed by atoms with Crippen molar-refractivity contribution >= 4 is 29.1 Å². The molecule has 1 N–H and O–H groups in total. The first-order valence-electron chi connectivity index (χ1n) is 7.61. The van der Waals surface area contributed by atoms with Crippen molar-refractivity contribution < 1.29 is 14.6 Å². The van der Waals surface area contributed by atoms with E-state index in [2.05, 4.69) is 4.99 Å². The molecular weight excluding hydrogens is 328 g/mol. The Balaban J connectivity index is 2.05. The van der Waals surface area contributed by atoms with Gasteiger partial charge in [-0.15, -0.1) is 0 Å². The van der Waals surface area contributed by atoms with E-state index in [1.54, 1.807) is 24.0 Å². The van der Waals surface area contributed by atoms with E-state index in [1.807, 2.05) is 42.5 Å². The highest BCUT2D eigenvalue weighted by molar-refractivity contribution is 6.31. The maximum atomic E-state index is 12.2. The minimum Gasteiger partial charge on any atom is -0.462 e. The lowest BCUT2D eigenvalue weighted by Crippen LogP contribution is -2.43. The number of halogens is 1. The van der Waals surface area contributed by atoms with E-state index in [0.717, 1.165) is 11.3 Å². The summed E-state index contributed by atoms with van der Waals surface area (Å²) in [5.74, 6) is -0.267. The van der Waals surface area contributed by atoms with Gasteiger partial charge in [0, 0.05) is 16.3 Å². The fraction of sp³-hybridized carbons (Fsp3) is 0.222. The lowest BCUT2D eigenvalue weighted by molar-refractivity contribution is -0.162. The van der Waals surface area contributed by atoms with Crippen LogP contribution in [0.4, 0.5) is 5.69 Å². The zero-order valence-electron chi connectivity index (χ0n) is 13.1. The topological polar surface area (TPSA) is 62.1 Å². The summed E-state index contributed by atoms with van der Waals surface area (Å²) in [6.07, 6.45) is 0. The van der Waals surface area contributed by atoms with E-state index in [9.17, 15) is 9.90 Å². The van der Waals surface area contributed by atoms with Gasteiger partial charge in [0.2, 0.25) is 0 Å². The standard InChI is InChI=1S/C18H17ClN2O3/c1-2-24-17(22)18(23)12-21(15-10-6-9-14(19)11-15)16(20-18)13-7-4-3-5-8-13/h3-11,23H,2,12H2,1H3. The van der Waals surface area contributed by atoms with Gasteiger partial charge in [0.25, 0.3) is 5.72 Å². The molecule has 0 fully saturated rings. The van der Waals surface area contributed by atoms with Crippen LogP contribution in [0.3, 0.4) is 0 Å². The molecule has 3 rings (SSSR count). The lowest BCUT2D eigenvalue weighted by atomic mass is 10.1. The summed E-state index contributed by atoms with van der Waals surface area (Å²) in [5, 5.41) is 11.2. The first kappa shape index (κ1) is 16.5. The second-order valence-corrected chi connectivity index (χ2v) is 5.84. The van der Waals surface area contributed by atoms with Crippen LogP contribution < -0.4 is 4.90 Å². The van der Waals surface area contributed by atoms with Crippen molar-refractivity contribution in [1.82, 2.24) is 0 Å². The molecular formula is C18H17ClN2O3. The van der Waals surface area contributed by atoms with Crippen LogP contribution in [0.15, 0.2) is 59.6 Å². The first-order chi connectivity index (χ1) is 11.5. The van der Waals surface area contributed by atoms with Crippen molar-refractivity contribution in [2.45, 2.75) is 12.6 Å². The van der Waals surface area contributed by atoms with Gasteiger partial charge in [0.1, 0.15) is 5.84 Å². The molecule has 1 aliphatic heterocycles. The average molecular weight is 345 g/mol. The predicted molar refractivity (Wildman–Crippen MR) is 93.4 cm³/mol. The highest BCUT2D eigenvalue weighted by Gasteiger charge is 2.46. The largest absolute Gasteiger partial charge is 0.462 e. The number of aliphatic hydroxyl groups is 1. The number of carbonyl (C=O) groups is 1. The van der Waals surface area contributed by atoms with Crippen molar-refractivity contribution in [2.24, 2.45) is 4.99 Å². The Labute approximate surface area is 145 Å². The van der Waals surface area contributed by atoms with E-state index in [4.69, 9.17) is 16.3 Å². The van der Waals surface area contributed by atoms with E-state index in [-0.39, 0.29) is 13.2 Å². The van der Waals surface area contributed by atoms with Crippen LogP contribution in [-0.2, 0) is 9.53 Å². The number of benzene rings is 2. The number of amidine groups is 1. The number of aliphatic imine (C=N–C) groups is 1. The van der Waals surface area contributed by atoms with Crippen LogP contribution in [0.2, 0.25) is 5.02 Å². The monoisotopic (exact) mass is 344 g/mol. The summed E-state index contributed by atoms with van der Waals surface area (Å²) >= 11 is 6.08. The molecule has 0 bridgehead atoms. The SMILES string of the molecule is CCOC(=O)C1(O)CN(c2cccc(Cl)c2)C(c2ccccc2)=N1. The fourth-order valence-electron chi connectivity index (χ4n) is 2.59. The fourth-order valence-corrected chi connectivity index (χ4v) is 2.77. The molecule has 0 aromatic heterocycles. The smallest absolute Gasteiger partial charge is 0.363 e. The number of anilines is 1. The molecule has 1 aliphatic rings. The van der Waals surface area contributed by atoms with Gasteiger partial charge in [-0.25, -0.2) is 9.79 Å². The molecule has 2 aromatic carbocycles. The highest BCUT2D eigenvalue weighted by atomic mass is 35.5. The molecule has 0 spiro atoms. The molecule has 5 nitrogen and oxygen atoms in total. The number of carbonyl (C=O) groups excluding carboxylic acids is 1. The molecule has 124 valence electrons. The maximum absolute atomic E-state index is 12.2. The van der Waals surface area contributed by atoms with E-state index < -0.39 is 11.7 Å². The summed E-state index contributed by atoms with van der Waals surface area (Å²) in [4.78, 5) is 18.2. The third kappa shape index (κ3) is 3.13. The number of hydrogen-bond donors (Lipinski definition) is 1. The molecule has 1 unspecified atom stereocenters. The van der Waals surface area contributed by atoms with Crippen molar-refractivity contribution in [3.8, 4) is 0 Å². The summed E-state index contributed by atoms with van der Waals surface area (Å²) < 4.78 is 4.97. The van der Waals surface area contributed by atoms with E-state index in [1.165, 1.54) is 0 Å². The zero-order chi connectivity index (χ0) is 17.2. The number of esters is 1. The van der Waals surface area contributed by atoms with Crippen molar-refractivity contribution in [3.05, 3.63) is 65.2 Å². The van der Waals surface area contributed by atoms with Gasteiger partial charge in [0.05, 0.1) is 13.2 Å². The van der Waals surface area contributed by atoms with Gasteiger partial charge in [-0.3, -0.25) is 0 Å². The first-order valence-corrected chi connectivity index (χ1v) is 7.99. The van der Waals surface area contributed by atoms with Crippen LogP contribution in [0.1, 0.15) is 12.5 Å². The van der Waals surface area contributed by atoms with Crippen molar-refractivity contribution in [3.63, 3.8) is 0 Å². The number of hydrogen-bond acceptors (Lipinski definition) is 5. The molecule has 1 heterocycles. The predicted octanol–water partition coefficient (Wildman–Crippen LogP) is 2.86. The minimum atomic E-state index is -1.94. The quantitative estimate of drug-likeness (QED) is 0.866. The van der Waals surface area contributed by atoms with Gasteiger partial charge < -0.3 is 14.7 Å². The normalized spacial score (nSPS) is 20.0. The Bertz CT molecular complexity index is 779. The van der Waals surface area contributed by atoms with Gasteiger partial charge in [-0.2, -0.15) is 0 Å². The lowest BCUT2D eigenvalue weighted by Gasteiger charge is -2.23. The molecule has 2 aromatic rings. The van der Waals surface area contributed by atoms with Crippen LogP contribution in [0.5, 0.6) is 0 Å². The van der Waals surface area contributed by atoms with E-state index in [0.29, 0.717) is 10.9 Å². The van der Waals surface area contributed by atoms with E-state index >= 15 is 0 Å². The molecule has 6 heteroatoms. The number of ether oxygens (including phenoxy) is 1. The molecule has 0 saturated heterocycles.